The maximum atomic E-state index is 5.08. The zero-order valence-electron chi connectivity index (χ0n) is 6.98. The van der Waals surface area contributed by atoms with Gasteiger partial charge in [0.1, 0.15) is 0 Å². The average molecular weight is 219 g/mol. The fourth-order valence-corrected chi connectivity index (χ4v) is 2.19. The Labute approximate surface area is 76.9 Å². The van der Waals surface area contributed by atoms with Crippen LogP contribution in [0.15, 0.2) is 12.2 Å². The SMILES string of the molecule is COCCC1(CBr)CC=CC1. The van der Waals surface area contributed by atoms with Gasteiger partial charge in [0, 0.05) is 19.0 Å². The van der Waals surface area contributed by atoms with Crippen molar-refractivity contribution in [1.82, 2.24) is 0 Å². The van der Waals surface area contributed by atoms with Gasteiger partial charge in [-0.05, 0) is 24.7 Å². The number of hydrogen-bond donors (Lipinski definition) is 0. The molecule has 1 nitrogen and oxygen atoms in total. The van der Waals surface area contributed by atoms with Gasteiger partial charge in [0.25, 0.3) is 0 Å². The van der Waals surface area contributed by atoms with Crippen molar-refractivity contribution in [3.8, 4) is 0 Å². The molecule has 1 aliphatic carbocycles. The molecule has 0 aliphatic heterocycles. The van der Waals surface area contributed by atoms with E-state index in [1.165, 1.54) is 19.3 Å². The Hall–Kier alpha value is 0.180. The molecule has 0 aromatic heterocycles. The van der Waals surface area contributed by atoms with Crippen LogP contribution in [0.3, 0.4) is 0 Å². The first-order valence-corrected chi connectivity index (χ1v) is 5.15. The van der Waals surface area contributed by atoms with Crippen LogP contribution in [0.25, 0.3) is 0 Å². The molecule has 0 saturated carbocycles. The molecule has 0 aromatic carbocycles. The molecule has 0 spiro atoms. The van der Waals surface area contributed by atoms with Gasteiger partial charge in [-0.15, -0.1) is 0 Å². The molecule has 0 heterocycles. The van der Waals surface area contributed by atoms with Crippen LogP contribution in [-0.2, 0) is 4.74 Å². The minimum atomic E-state index is 0.468. The third-order valence-electron chi connectivity index (χ3n) is 2.39. The molecule has 0 amide bonds. The third kappa shape index (κ3) is 2.31. The lowest BCUT2D eigenvalue weighted by Crippen LogP contribution is -2.20. The number of allylic oxidation sites excluding steroid dienone is 2. The Morgan fingerprint density at radius 1 is 1.45 bits per heavy atom. The van der Waals surface area contributed by atoms with E-state index in [1.807, 2.05) is 0 Å². The molecule has 0 N–H and O–H groups in total. The van der Waals surface area contributed by atoms with Gasteiger partial charge >= 0.3 is 0 Å². The first-order chi connectivity index (χ1) is 5.33. The van der Waals surface area contributed by atoms with Gasteiger partial charge in [-0.25, -0.2) is 0 Å². The predicted octanol–water partition coefficient (Wildman–Crippen LogP) is 2.75. The summed E-state index contributed by atoms with van der Waals surface area (Å²) in [6.45, 7) is 0.882. The second-order valence-electron chi connectivity index (χ2n) is 3.26. The number of rotatable bonds is 4. The number of halogens is 1. The molecule has 1 rings (SSSR count). The van der Waals surface area contributed by atoms with E-state index in [0.717, 1.165) is 11.9 Å². The largest absolute Gasteiger partial charge is 0.385 e. The Balaban J connectivity index is 2.35. The fourth-order valence-electron chi connectivity index (χ4n) is 1.45. The van der Waals surface area contributed by atoms with E-state index in [1.54, 1.807) is 7.11 Å². The second-order valence-corrected chi connectivity index (χ2v) is 3.82. The van der Waals surface area contributed by atoms with E-state index in [0.29, 0.717) is 5.41 Å². The summed E-state index contributed by atoms with van der Waals surface area (Å²) in [5.74, 6) is 0. The zero-order chi connectivity index (χ0) is 8.16. The molecule has 11 heavy (non-hydrogen) atoms. The summed E-state index contributed by atoms with van der Waals surface area (Å²) in [7, 11) is 1.77. The quantitative estimate of drug-likeness (QED) is 0.521. The Morgan fingerprint density at radius 3 is 2.55 bits per heavy atom. The first kappa shape index (κ1) is 9.27. The molecule has 0 fully saturated rings. The van der Waals surface area contributed by atoms with Crippen molar-refractivity contribution in [3.63, 3.8) is 0 Å². The van der Waals surface area contributed by atoms with E-state index < -0.39 is 0 Å². The van der Waals surface area contributed by atoms with Gasteiger partial charge in [-0.3, -0.25) is 0 Å². The molecular weight excluding hydrogens is 204 g/mol. The predicted molar refractivity (Wildman–Crippen MR) is 51.1 cm³/mol. The zero-order valence-corrected chi connectivity index (χ0v) is 8.56. The molecule has 0 aromatic rings. The van der Waals surface area contributed by atoms with Crippen molar-refractivity contribution >= 4 is 15.9 Å². The van der Waals surface area contributed by atoms with Crippen molar-refractivity contribution in [2.75, 3.05) is 19.0 Å². The van der Waals surface area contributed by atoms with Crippen LogP contribution in [-0.4, -0.2) is 19.0 Å². The maximum Gasteiger partial charge on any atom is 0.0468 e. The van der Waals surface area contributed by atoms with E-state index in [-0.39, 0.29) is 0 Å². The number of hydrogen-bond acceptors (Lipinski definition) is 1. The molecule has 0 saturated heterocycles. The molecule has 0 unspecified atom stereocenters. The lowest BCUT2D eigenvalue weighted by molar-refractivity contribution is 0.152. The van der Waals surface area contributed by atoms with Crippen LogP contribution in [0.1, 0.15) is 19.3 Å². The Kier molecular flexibility index (Phi) is 3.60. The van der Waals surface area contributed by atoms with Crippen LogP contribution in [0, 0.1) is 5.41 Å². The molecular formula is C9H15BrO. The van der Waals surface area contributed by atoms with Crippen LogP contribution in [0.2, 0.25) is 0 Å². The number of methoxy groups -OCH3 is 1. The summed E-state index contributed by atoms with van der Waals surface area (Å²) in [4.78, 5) is 0. The standard InChI is InChI=1S/C9H15BrO/c1-11-7-6-9(8-10)4-2-3-5-9/h2-3H,4-8H2,1H3. The molecule has 0 radical (unpaired) electrons. The summed E-state index contributed by atoms with van der Waals surface area (Å²) in [6.07, 6.45) is 8.14. The average Bonchev–Trinajstić information content (AvgIpc) is 2.50. The highest BCUT2D eigenvalue weighted by atomic mass is 79.9. The lowest BCUT2D eigenvalue weighted by Gasteiger charge is -2.25. The minimum absolute atomic E-state index is 0.468. The second kappa shape index (κ2) is 4.27. The summed E-state index contributed by atoms with van der Waals surface area (Å²) in [5.41, 5.74) is 0.468. The Morgan fingerprint density at radius 2 is 2.09 bits per heavy atom. The smallest absolute Gasteiger partial charge is 0.0468 e. The van der Waals surface area contributed by atoms with Gasteiger partial charge in [-0.1, -0.05) is 28.1 Å². The summed E-state index contributed by atoms with van der Waals surface area (Å²) in [6, 6.07) is 0. The van der Waals surface area contributed by atoms with Crippen LogP contribution >= 0.6 is 15.9 Å². The highest BCUT2D eigenvalue weighted by molar-refractivity contribution is 9.09. The van der Waals surface area contributed by atoms with Crippen molar-refractivity contribution in [2.24, 2.45) is 5.41 Å². The van der Waals surface area contributed by atoms with E-state index in [4.69, 9.17) is 4.74 Å². The van der Waals surface area contributed by atoms with Crippen LogP contribution in [0.4, 0.5) is 0 Å². The first-order valence-electron chi connectivity index (χ1n) is 4.03. The molecule has 0 atom stereocenters. The van der Waals surface area contributed by atoms with Gasteiger partial charge in [-0.2, -0.15) is 0 Å². The van der Waals surface area contributed by atoms with Crippen molar-refractivity contribution in [3.05, 3.63) is 12.2 Å². The van der Waals surface area contributed by atoms with Crippen molar-refractivity contribution < 1.29 is 4.74 Å². The molecule has 0 bridgehead atoms. The lowest BCUT2D eigenvalue weighted by atomic mass is 9.85. The van der Waals surface area contributed by atoms with Gasteiger partial charge < -0.3 is 4.74 Å². The molecule has 1 aliphatic rings. The third-order valence-corrected chi connectivity index (χ3v) is 3.58. The summed E-state index contributed by atoms with van der Waals surface area (Å²) in [5, 5.41) is 1.09. The van der Waals surface area contributed by atoms with E-state index in [2.05, 4.69) is 28.1 Å². The highest BCUT2D eigenvalue weighted by Gasteiger charge is 2.28. The van der Waals surface area contributed by atoms with E-state index >= 15 is 0 Å². The number of ether oxygens (including phenoxy) is 1. The van der Waals surface area contributed by atoms with Crippen LogP contribution < -0.4 is 0 Å². The number of alkyl halides is 1. The fraction of sp³-hybridized carbons (Fsp3) is 0.778. The van der Waals surface area contributed by atoms with Crippen molar-refractivity contribution in [1.29, 1.82) is 0 Å². The maximum absolute atomic E-state index is 5.08. The Bertz CT molecular complexity index is 134. The van der Waals surface area contributed by atoms with Gasteiger partial charge in [0.15, 0.2) is 0 Å². The normalized spacial score (nSPS) is 20.9. The molecule has 64 valence electrons. The highest BCUT2D eigenvalue weighted by Crippen LogP contribution is 2.38. The van der Waals surface area contributed by atoms with Crippen LogP contribution in [0.5, 0.6) is 0 Å². The van der Waals surface area contributed by atoms with Gasteiger partial charge in [0.2, 0.25) is 0 Å². The van der Waals surface area contributed by atoms with Crippen molar-refractivity contribution in [2.45, 2.75) is 19.3 Å². The van der Waals surface area contributed by atoms with E-state index in [9.17, 15) is 0 Å². The minimum Gasteiger partial charge on any atom is -0.385 e. The topological polar surface area (TPSA) is 9.23 Å². The monoisotopic (exact) mass is 218 g/mol. The summed E-state index contributed by atoms with van der Waals surface area (Å²) >= 11 is 3.57. The van der Waals surface area contributed by atoms with Gasteiger partial charge in [0.05, 0.1) is 0 Å². The molecule has 2 heteroatoms. The summed E-state index contributed by atoms with van der Waals surface area (Å²) < 4.78 is 5.08.